The van der Waals surface area contributed by atoms with Crippen LogP contribution in [0, 0.1) is 13.8 Å². The van der Waals surface area contributed by atoms with Crippen LogP contribution in [0.3, 0.4) is 0 Å². The van der Waals surface area contributed by atoms with Crippen LogP contribution in [0.2, 0.25) is 0 Å². The minimum Gasteiger partial charge on any atom is -0.273 e. The molecular weight excluding hydrogens is 344 g/mol. The van der Waals surface area contributed by atoms with Gasteiger partial charge in [0.25, 0.3) is 0 Å². The fourth-order valence-corrected chi connectivity index (χ4v) is 3.61. The van der Waals surface area contributed by atoms with Gasteiger partial charge in [0, 0.05) is 5.56 Å². The number of hydrogen-bond donors (Lipinski definition) is 1. The molecule has 0 aliphatic heterocycles. The lowest BCUT2D eigenvalue weighted by molar-refractivity contribution is -0.120. The van der Waals surface area contributed by atoms with Crippen molar-refractivity contribution in [2.24, 2.45) is 5.10 Å². The first-order chi connectivity index (χ1) is 13.6. The highest BCUT2D eigenvalue weighted by molar-refractivity contribution is 6.13. The summed E-state index contributed by atoms with van der Waals surface area (Å²) in [5.74, 6) is -0.118. The summed E-state index contributed by atoms with van der Waals surface area (Å²) < 4.78 is 0. The monoisotopic (exact) mass is 366 g/mol. The molecule has 4 aromatic carbocycles. The summed E-state index contributed by atoms with van der Waals surface area (Å²) in [7, 11) is 0. The van der Waals surface area contributed by atoms with E-state index in [1.807, 2.05) is 43.3 Å². The van der Waals surface area contributed by atoms with Crippen molar-refractivity contribution < 1.29 is 4.79 Å². The third kappa shape index (κ3) is 3.65. The highest BCUT2D eigenvalue weighted by Crippen LogP contribution is 2.27. The van der Waals surface area contributed by atoms with Crippen molar-refractivity contribution in [1.82, 2.24) is 5.43 Å². The van der Waals surface area contributed by atoms with E-state index in [4.69, 9.17) is 0 Å². The number of amides is 1. The van der Waals surface area contributed by atoms with E-state index in [2.05, 4.69) is 53.8 Å². The molecule has 0 radical (unpaired) electrons. The first-order valence-corrected chi connectivity index (χ1v) is 9.40. The van der Waals surface area contributed by atoms with Crippen LogP contribution in [-0.2, 0) is 11.2 Å². The summed E-state index contributed by atoms with van der Waals surface area (Å²) in [4.78, 5) is 12.3. The Balaban J connectivity index is 1.60. The maximum Gasteiger partial charge on any atom is 0.244 e. The zero-order valence-corrected chi connectivity index (χ0v) is 16.1. The molecule has 0 atom stereocenters. The van der Waals surface area contributed by atoms with Gasteiger partial charge < -0.3 is 0 Å². The Labute approximate surface area is 164 Å². The van der Waals surface area contributed by atoms with Crippen molar-refractivity contribution in [2.45, 2.75) is 20.3 Å². The third-order valence-electron chi connectivity index (χ3n) is 5.04. The van der Waals surface area contributed by atoms with Crippen LogP contribution < -0.4 is 5.43 Å². The Morgan fingerprint density at radius 2 is 1.54 bits per heavy atom. The Kier molecular flexibility index (Phi) is 4.90. The molecule has 3 nitrogen and oxygen atoms in total. The molecule has 0 aromatic heterocycles. The first-order valence-electron chi connectivity index (χ1n) is 9.40. The summed E-state index contributed by atoms with van der Waals surface area (Å²) in [6.45, 7) is 4.08. The molecule has 0 bridgehead atoms. The largest absolute Gasteiger partial charge is 0.273 e. The lowest BCUT2D eigenvalue weighted by Crippen LogP contribution is -2.20. The predicted octanol–water partition coefficient (Wildman–Crippen LogP) is 5.30. The lowest BCUT2D eigenvalue weighted by atomic mass is 9.97. The van der Waals surface area contributed by atoms with Gasteiger partial charge in [-0.1, -0.05) is 72.3 Å². The maximum absolute atomic E-state index is 12.3. The molecule has 0 spiro atoms. The molecule has 4 rings (SSSR count). The van der Waals surface area contributed by atoms with Crippen LogP contribution >= 0.6 is 0 Å². The van der Waals surface area contributed by atoms with Gasteiger partial charge in [-0.05, 0) is 52.6 Å². The highest BCUT2D eigenvalue weighted by Gasteiger charge is 2.07. The minimum atomic E-state index is -0.118. The van der Waals surface area contributed by atoms with Gasteiger partial charge in [0.1, 0.15) is 0 Å². The van der Waals surface area contributed by atoms with Crippen molar-refractivity contribution in [2.75, 3.05) is 0 Å². The number of carbonyl (C=O) groups excluding carboxylic acids is 1. The molecule has 0 unspecified atom stereocenters. The smallest absolute Gasteiger partial charge is 0.244 e. The summed E-state index contributed by atoms with van der Waals surface area (Å²) in [6.07, 6.45) is 2.07. The number of fused-ring (bicyclic) bond motifs is 2. The average Bonchev–Trinajstić information content (AvgIpc) is 2.69. The summed E-state index contributed by atoms with van der Waals surface area (Å²) >= 11 is 0. The Hall–Kier alpha value is -3.46. The van der Waals surface area contributed by atoms with Crippen molar-refractivity contribution in [1.29, 1.82) is 0 Å². The molecule has 0 heterocycles. The van der Waals surface area contributed by atoms with Gasteiger partial charge >= 0.3 is 0 Å². The number of rotatable bonds is 4. The van der Waals surface area contributed by atoms with E-state index in [-0.39, 0.29) is 5.91 Å². The summed E-state index contributed by atoms with van der Waals surface area (Å²) in [5.41, 5.74) is 7.04. The molecule has 0 aliphatic carbocycles. The Morgan fingerprint density at radius 3 is 2.18 bits per heavy atom. The zero-order valence-electron chi connectivity index (χ0n) is 16.1. The van der Waals surface area contributed by atoms with E-state index in [0.29, 0.717) is 6.42 Å². The Bertz CT molecular complexity index is 1150. The molecule has 4 aromatic rings. The van der Waals surface area contributed by atoms with E-state index >= 15 is 0 Å². The molecule has 138 valence electrons. The molecule has 28 heavy (non-hydrogen) atoms. The van der Waals surface area contributed by atoms with E-state index in [9.17, 15) is 4.79 Å². The molecule has 3 heteroatoms. The standard InChI is InChI=1S/C25H22N2O/c1-17-11-12-19(18(2)13-17)15-25(28)27-26-16-24-22-9-5-3-7-20(22)14-21-8-4-6-10-23(21)24/h3-14,16H,15H2,1-2H3,(H,27,28)/b26-16+. The first kappa shape index (κ1) is 17.9. The predicted molar refractivity (Wildman–Crippen MR) is 117 cm³/mol. The van der Waals surface area contributed by atoms with E-state index in [0.717, 1.165) is 38.2 Å². The van der Waals surface area contributed by atoms with Crippen LogP contribution in [0.4, 0.5) is 0 Å². The molecule has 0 saturated carbocycles. The second-order valence-corrected chi connectivity index (χ2v) is 7.13. The zero-order chi connectivity index (χ0) is 19.5. The molecule has 1 N–H and O–H groups in total. The van der Waals surface area contributed by atoms with Gasteiger partial charge in [-0.15, -0.1) is 0 Å². The van der Waals surface area contributed by atoms with Crippen molar-refractivity contribution in [3.05, 3.63) is 95.1 Å². The Morgan fingerprint density at radius 1 is 0.893 bits per heavy atom. The van der Waals surface area contributed by atoms with E-state index in [1.165, 1.54) is 5.56 Å². The fourth-order valence-electron chi connectivity index (χ4n) is 3.61. The topological polar surface area (TPSA) is 41.5 Å². The summed E-state index contributed by atoms with van der Waals surface area (Å²) in [6, 6.07) is 24.8. The normalized spacial score (nSPS) is 11.4. The molecular formula is C25H22N2O. The van der Waals surface area contributed by atoms with Gasteiger partial charge in [-0.3, -0.25) is 4.79 Å². The van der Waals surface area contributed by atoms with Gasteiger partial charge in [-0.25, -0.2) is 5.43 Å². The average molecular weight is 366 g/mol. The van der Waals surface area contributed by atoms with Crippen LogP contribution in [0.5, 0.6) is 0 Å². The van der Waals surface area contributed by atoms with Gasteiger partial charge in [0.2, 0.25) is 5.91 Å². The minimum absolute atomic E-state index is 0.118. The lowest BCUT2D eigenvalue weighted by Gasteiger charge is -2.08. The SMILES string of the molecule is Cc1ccc(CC(=O)N/N=C/c2c3ccccc3cc3ccccc23)c(C)c1. The molecule has 0 aliphatic rings. The number of aryl methyl sites for hydroxylation is 2. The number of hydrogen-bond acceptors (Lipinski definition) is 2. The van der Waals surface area contributed by atoms with Crippen LogP contribution in [0.15, 0.2) is 77.9 Å². The van der Waals surface area contributed by atoms with Crippen molar-refractivity contribution >= 4 is 33.7 Å². The van der Waals surface area contributed by atoms with Crippen LogP contribution in [0.1, 0.15) is 22.3 Å². The second-order valence-electron chi connectivity index (χ2n) is 7.13. The van der Waals surface area contributed by atoms with E-state index in [1.54, 1.807) is 6.21 Å². The van der Waals surface area contributed by atoms with Gasteiger partial charge in [-0.2, -0.15) is 5.10 Å². The van der Waals surface area contributed by atoms with Crippen molar-refractivity contribution in [3.63, 3.8) is 0 Å². The highest BCUT2D eigenvalue weighted by atomic mass is 16.2. The maximum atomic E-state index is 12.3. The fraction of sp³-hybridized carbons (Fsp3) is 0.120. The van der Waals surface area contributed by atoms with Crippen LogP contribution in [0.25, 0.3) is 21.5 Å². The number of nitrogens with one attached hydrogen (secondary N) is 1. The number of hydrazone groups is 1. The van der Waals surface area contributed by atoms with E-state index < -0.39 is 0 Å². The van der Waals surface area contributed by atoms with Crippen molar-refractivity contribution in [3.8, 4) is 0 Å². The van der Waals surface area contributed by atoms with Gasteiger partial charge in [0.05, 0.1) is 12.6 Å². The van der Waals surface area contributed by atoms with Gasteiger partial charge in [0.15, 0.2) is 0 Å². The number of nitrogens with zero attached hydrogens (tertiary/aromatic N) is 1. The molecule has 0 fully saturated rings. The quantitative estimate of drug-likeness (QED) is 0.297. The third-order valence-corrected chi connectivity index (χ3v) is 5.04. The number of benzene rings is 4. The number of carbonyl (C=O) groups is 1. The summed E-state index contributed by atoms with van der Waals surface area (Å²) in [5, 5.41) is 8.81. The second kappa shape index (κ2) is 7.65. The van der Waals surface area contributed by atoms with Crippen LogP contribution in [-0.4, -0.2) is 12.1 Å². The molecule has 1 amide bonds. The molecule has 0 saturated heterocycles.